The molecule has 0 fully saturated rings. The van der Waals surface area contributed by atoms with Crippen molar-refractivity contribution in [2.24, 2.45) is 0 Å². The van der Waals surface area contributed by atoms with Gasteiger partial charge in [-0.1, -0.05) is 11.6 Å². The highest BCUT2D eigenvalue weighted by atomic mass is 35.5. The van der Waals surface area contributed by atoms with Crippen molar-refractivity contribution in [3.8, 4) is 6.07 Å². The number of aliphatic hydroxyl groups excluding tert-OH is 1. The Kier molecular flexibility index (Phi) is 2.42. The normalized spacial score (nSPS) is 12.1. The van der Waals surface area contributed by atoms with Crippen LogP contribution in [0.15, 0.2) is 18.3 Å². The van der Waals surface area contributed by atoms with E-state index in [1.165, 1.54) is 12.3 Å². The zero-order chi connectivity index (χ0) is 8.27. The third-order valence-electron chi connectivity index (χ3n) is 1.19. The first-order valence-corrected chi connectivity index (χ1v) is 3.31. The van der Waals surface area contributed by atoms with Gasteiger partial charge >= 0.3 is 0 Å². The molecule has 0 aliphatic heterocycles. The van der Waals surface area contributed by atoms with Crippen LogP contribution in [-0.2, 0) is 0 Å². The van der Waals surface area contributed by atoms with E-state index in [1.807, 2.05) is 0 Å². The molecule has 1 atom stereocenters. The molecule has 0 saturated carbocycles. The summed E-state index contributed by atoms with van der Waals surface area (Å²) in [5.41, 5.74) is 0.465. The minimum atomic E-state index is -1.12. The van der Waals surface area contributed by atoms with Crippen LogP contribution < -0.4 is 0 Å². The van der Waals surface area contributed by atoms with Crippen LogP contribution in [-0.4, -0.2) is 10.1 Å². The van der Waals surface area contributed by atoms with Crippen LogP contribution in [0.1, 0.15) is 11.7 Å². The third-order valence-corrected chi connectivity index (χ3v) is 1.40. The van der Waals surface area contributed by atoms with E-state index >= 15 is 0 Å². The molecular weight excluding hydrogens is 164 g/mol. The maximum absolute atomic E-state index is 9.01. The lowest BCUT2D eigenvalue weighted by molar-refractivity contribution is 0.236. The van der Waals surface area contributed by atoms with Crippen molar-refractivity contribution < 1.29 is 5.11 Å². The summed E-state index contributed by atoms with van der Waals surface area (Å²) in [7, 11) is 0. The van der Waals surface area contributed by atoms with Crippen LogP contribution in [0, 0.1) is 11.3 Å². The summed E-state index contributed by atoms with van der Waals surface area (Å²) in [6.07, 6.45) is 0.327. The van der Waals surface area contributed by atoms with E-state index in [0.717, 1.165) is 0 Å². The molecular formula is C7H5ClN2O. The van der Waals surface area contributed by atoms with E-state index in [-0.39, 0.29) is 5.15 Å². The summed E-state index contributed by atoms with van der Waals surface area (Å²) in [5.74, 6) is 0. The van der Waals surface area contributed by atoms with Gasteiger partial charge in [0.25, 0.3) is 0 Å². The maximum atomic E-state index is 9.01. The molecule has 1 aromatic heterocycles. The molecule has 0 bridgehead atoms. The molecule has 1 heterocycles. The number of hydrogen-bond donors (Lipinski definition) is 1. The van der Waals surface area contributed by atoms with E-state index in [0.29, 0.717) is 5.56 Å². The van der Waals surface area contributed by atoms with Crippen LogP contribution in [0.2, 0.25) is 5.15 Å². The lowest BCUT2D eigenvalue weighted by Crippen LogP contribution is -1.92. The molecule has 0 amide bonds. The summed E-state index contributed by atoms with van der Waals surface area (Å²) >= 11 is 5.51. The predicted octanol–water partition coefficient (Wildman–Crippen LogP) is 1.29. The number of pyridine rings is 1. The molecule has 1 N–H and O–H groups in total. The van der Waals surface area contributed by atoms with E-state index in [4.69, 9.17) is 22.0 Å². The zero-order valence-corrected chi connectivity index (χ0v) is 6.28. The van der Waals surface area contributed by atoms with E-state index in [1.54, 1.807) is 12.1 Å². The van der Waals surface area contributed by atoms with Crippen LogP contribution in [0.5, 0.6) is 0 Å². The fourth-order valence-electron chi connectivity index (χ4n) is 0.662. The molecule has 11 heavy (non-hydrogen) atoms. The van der Waals surface area contributed by atoms with Gasteiger partial charge in [-0.3, -0.25) is 0 Å². The molecule has 0 radical (unpaired) electrons. The lowest BCUT2D eigenvalue weighted by atomic mass is 10.2. The number of aliphatic hydroxyl groups is 1. The standard InChI is InChI=1S/C7H5ClN2O/c8-7-3-5(1-2-10-7)6(11)4-9/h1-3,6,11H. The van der Waals surface area contributed by atoms with Gasteiger partial charge < -0.3 is 5.11 Å². The fourth-order valence-corrected chi connectivity index (χ4v) is 0.844. The zero-order valence-electron chi connectivity index (χ0n) is 5.53. The minimum absolute atomic E-state index is 0.275. The smallest absolute Gasteiger partial charge is 0.166 e. The highest BCUT2D eigenvalue weighted by Gasteiger charge is 2.04. The number of nitrogens with zero attached hydrogens (tertiary/aromatic N) is 2. The van der Waals surface area contributed by atoms with Crippen molar-refractivity contribution in [2.75, 3.05) is 0 Å². The molecule has 56 valence electrons. The summed E-state index contributed by atoms with van der Waals surface area (Å²) in [5, 5.41) is 17.6. The quantitative estimate of drug-likeness (QED) is 0.508. The molecule has 0 aliphatic carbocycles. The Balaban J connectivity index is 2.98. The highest BCUT2D eigenvalue weighted by molar-refractivity contribution is 6.29. The Hall–Kier alpha value is -1.11. The second-order valence-corrected chi connectivity index (χ2v) is 2.33. The third kappa shape index (κ3) is 1.90. The first kappa shape index (κ1) is 7.99. The van der Waals surface area contributed by atoms with Crippen molar-refractivity contribution >= 4 is 11.6 Å². The van der Waals surface area contributed by atoms with Gasteiger partial charge in [0.15, 0.2) is 6.10 Å². The fraction of sp³-hybridized carbons (Fsp3) is 0.143. The lowest BCUT2D eigenvalue weighted by Gasteiger charge is -1.99. The molecule has 1 rings (SSSR count). The number of aromatic nitrogens is 1. The Bertz CT molecular complexity index is 295. The topological polar surface area (TPSA) is 56.9 Å². The summed E-state index contributed by atoms with van der Waals surface area (Å²) < 4.78 is 0. The van der Waals surface area contributed by atoms with Gasteiger partial charge in [-0.25, -0.2) is 4.98 Å². The van der Waals surface area contributed by atoms with Crippen LogP contribution in [0.25, 0.3) is 0 Å². The Morgan fingerprint density at radius 2 is 2.45 bits per heavy atom. The molecule has 3 nitrogen and oxygen atoms in total. The van der Waals surface area contributed by atoms with Gasteiger partial charge in [-0.2, -0.15) is 5.26 Å². The van der Waals surface area contributed by atoms with Crippen molar-refractivity contribution in [1.29, 1.82) is 5.26 Å². The molecule has 1 unspecified atom stereocenters. The van der Waals surface area contributed by atoms with Gasteiger partial charge in [0.1, 0.15) is 5.15 Å². The van der Waals surface area contributed by atoms with Gasteiger partial charge in [-0.05, 0) is 17.7 Å². The predicted molar refractivity (Wildman–Crippen MR) is 39.8 cm³/mol. The summed E-state index contributed by atoms with van der Waals surface area (Å²) in [4.78, 5) is 3.70. The number of rotatable bonds is 1. The monoisotopic (exact) mass is 168 g/mol. The van der Waals surface area contributed by atoms with Gasteiger partial charge in [0, 0.05) is 6.20 Å². The summed E-state index contributed by atoms with van der Waals surface area (Å²) in [6, 6.07) is 4.67. The largest absolute Gasteiger partial charge is 0.374 e. The molecule has 0 aliphatic rings. The average Bonchev–Trinajstić information content (AvgIpc) is 2.03. The van der Waals surface area contributed by atoms with Crippen molar-refractivity contribution in [2.45, 2.75) is 6.10 Å². The van der Waals surface area contributed by atoms with E-state index in [2.05, 4.69) is 4.98 Å². The second kappa shape index (κ2) is 3.33. The van der Waals surface area contributed by atoms with Crippen LogP contribution >= 0.6 is 11.6 Å². The molecule has 1 aromatic rings. The Morgan fingerprint density at radius 1 is 1.73 bits per heavy atom. The van der Waals surface area contributed by atoms with Crippen molar-refractivity contribution in [3.05, 3.63) is 29.0 Å². The van der Waals surface area contributed by atoms with Crippen LogP contribution in [0.3, 0.4) is 0 Å². The van der Waals surface area contributed by atoms with Crippen LogP contribution in [0.4, 0.5) is 0 Å². The summed E-state index contributed by atoms with van der Waals surface area (Å²) in [6.45, 7) is 0. The molecule has 0 aromatic carbocycles. The highest BCUT2D eigenvalue weighted by Crippen LogP contribution is 2.14. The number of hydrogen-bond acceptors (Lipinski definition) is 3. The Morgan fingerprint density at radius 3 is 3.00 bits per heavy atom. The SMILES string of the molecule is N#CC(O)c1ccnc(Cl)c1. The molecule has 0 spiro atoms. The maximum Gasteiger partial charge on any atom is 0.166 e. The van der Waals surface area contributed by atoms with Crippen molar-refractivity contribution in [1.82, 2.24) is 4.98 Å². The number of halogens is 1. The van der Waals surface area contributed by atoms with Gasteiger partial charge in [0.2, 0.25) is 0 Å². The Labute approximate surface area is 68.9 Å². The van der Waals surface area contributed by atoms with E-state index < -0.39 is 6.10 Å². The number of nitriles is 1. The average molecular weight is 169 g/mol. The first-order valence-electron chi connectivity index (χ1n) is 2.93. The van der Waals surface area contributed by atoms with Crippen molar-refractivity contribution in [3.63, 3.8) is 0 Å². The van der Waals surface area contributed by atoms with Gasteiger partial charge in [0.05, 0.1) is 6.07 Å². The van der Waals surface area contributed by atoms with Gasteiger partial charge in [-0.15, -0.1) is 0 Å². The minimum Gasteiger partial charge on any atom is -0.374 e. The second-order valence-electron chi connectivity index (χ2n) is 1.94. The van der Waals surface area contributed by atoms with E-state index in [9.17, 15) is 0 Å². The first-order chi connectivity index (χ1) is 5.24. The molecule has 4 heteroatoms. The molecule has 0 saturated heterocycles.